The van der Waals surface area contributed by atoms with E-state index >= 15 is 0 Å². The van der Waals surface area contributed by atoms with Crippen LogP contribution in [-0.4, -0.2) is 45.4 Å². The molecule has 29 heavy (non-hydrogen) atoms. The van der Waals surface area contributed by atoms with Gasteiger partial charge in [0.25, 0.3) is 5.91 Å². The molecule has 4 rings (SSSR count). The van der Waals surface area contributed by atoms with E-state index in [4.69, 9.17) is 4.74 Å². The molecule has 0 radical (unpaired) electrons. The van der Waals surface area contributed by atoms with E-state index in [1.54, 1.807) is 11.0 Å². The lowest BCUT2D eigenvalue weighted by Crippen LogP contribution is -2.37. The van der Waals surface area contributed by atoms with Crippen LogP contribution >= 0.6 is 0 Å². The number of para-hydroxylation sites is 1. The minimum absolute atomic E-state index is 0.147. The zero-order chi connectivity index (χ0) is 20.4. The van der Waals surface area contributed by atoms with Crippen LogP contribution in [0.1, 0.15) is 41.6 Å². The number of sulfonamides is 1. The second-order valence-corrected chi connectivity index (χ2v) is 9.45. The molecule has 1 fully saturated rings. The fourth-order valence-electron chi connectivity index (χ4n) is 4.16. The van der Waals surface area contributed by atoms with Gasteiger partial charge in [-0.2, -0.15) is 4.31 Å². The third-order valence-corrected chi connectivity index (χ3v) is 7.60. The summed E-state index contributed by atoms with van der Waals surface area (Å²) in [7, 11) is -2.13. The molecule has 154 valence electrons. The summed E-state index contributed by atoms with van der Waals surface area (Å²) in [5.41, 5.74) is 2.29. The predicted molar refractivity (Wildman–Crippen MR) is 112 cm³/mol. The van der Waals surface area contributed by atoms with Crippen molar-refractivity contribution < 1.29 is 17.9 Å². The van der Waals surface area contributed by atoms with Gasteiger partial charge in [-0.15, -0.1) is 0 Å². The number of ether oxygens (including phenoxy) is 1. The molecule has 7 heteroatoms. The maximum atomic E-state index is 13.4. The molecule has 0 N–H and O–H groups in total. The topological polar surface area (TPSA) is 66.9 Å². The summed E-state index contributed by atoms with van der Waals surface area (Å²) in [4.78, 5) is 15.3. The Balaban J connectivity index is 1.72. The smallest absolute Gasteiger partial charge is 0.262 e. The van der Waals surface area contributed by atoms with Crippen molar-refractivity contribution in [1.29, 1.82) is 0 Å². The summed E-state index contributed by atoms with van der Waals surface area (Å²) < 4.78 is 33.1. The monoisotopic (exact) mass is 414 g/mol. The highest BCUT2D eigenvalue weighted by atomic mass is 32.2. The van der Waals surface area contributed by atoms with E-state index in [1.807, 2.05) is 24.3 Å². The normalized spacial score (nSPS) is 17.6. The molecule has 2 aromatic rings. The van der Waals surface area contributed by atoms with Crippen molar-refractivity contribution in [1.82, 2.24) is 4.31 Å². The Labute approximate surface area is 172 Å². The van der Waals surface area contributed by atoms with Crippen LogP contribution in [0.5, 0.6) is 5.75 Å². The van der Waals surface area contributed by atoms with Crippen LogP contribution in [0.2, 0.25) is 0 Å². The maximum absolute atomic E-state index is 13.4. The van der Waals surface area contributed by atoms with Gasteiger partial charge in [0, 0.05) is 25.3 Å². The molecule has 1 saturated heterocycles. The van der Waals surface area contributed by atoms with Crippen molar-refractivity contribution in [3.63, 3.8) is 0 Å². The molecule has 2 heterocycles. The molecule has 0 spiro atoms. The minimum atomic E-state index is -3.63. The zero-order valence-electron chi connectivity index (χ0n) is 16.6. The first-order valence-electron chi connectivity index (χ1n) is 10.1. The summed E-state index contributed by atoms with van der Waals surface area (Å²) in [5.74, 6) is 0.153. The first-order chi connectivity index (χ1) is 14.0. The summed E-state index contributed by atoms with van der Waals surface area (Å²) in [6.07, 6.45) is 4.58. The molecular formula is C22H26N2O4S. The average molecular weight is 415 g/mol. The van der Waals surface area contributed by atoms with Gasteiger partial charge in [-0.25, -0.2) is 8.42 Å². The molecule has 0 unspecified atom stereocenters. The van der Waals surface area contributed by atoms with Gasteiger partial charge >= 0.3 is 0 Å². The maximum Gasteiger partial charge on any atom is 0.262 e. The lowest BCUT2D eigenvalue weighted by Gasteiger charge is -2.30. The molecule has 2 aliphatic heterocycles. The Morgan fingerprint density at radius 2 is 1.72 bits per heavy atom. The Bertz CT molecular complexity index is 1010. The van der Waals surface area contributed by atoms with Crippen molar-refractivity contribution in [2.45, 2.75) is 37.0 Å². The van der Waals surface area contributed by atoms with E-state index in [0.29, 0.717) is 25.4 Å². The van der Waals surface area contributed by atoms with Crippen LogP contribution in [0.25, 0.3) is 0 Å². The van der Waals surface area contributed by atoms with Crippen molar-refractivity contribution in [2.24, 2.45) is 0 Å². The van der Waals surface area contributed by atoms with Gasteiger partial charge in [0.15, 0.2) is 0 Å². The molecule has 0 bridgehead atoms. The number of nitrogens with zero attached hydrogens (tertiary/aromatic N) is 2. The lowest BCUT2D eigenvalue weighted by molar-refractivity contribution is 0.0982. The van der Waals surface area contributed by atoms with Crippen molar-refractivity contribution in [3.05, 3.63) is 53.6 Å². The van der Waals surface area contributed by atoms with Crippen LogP contribution in [0, 0.1) is 0 Å². The van der Waals surface area contributed by atoms with Gasteiger partial charge in [0.05, 0.1) is 17.6 Å². The summed E-state index contributed by atoms with van der Waals surface area (Å²) in [6.45, 7) is 1.65. The number of benzene rings is 2. The third-order valence-electron chi connectivity index (χ3n) is 5.71. The number of methoxy groups -OCH3 is 1. The molecule has 0 aliphatic carbocycles. The van der Waals surface area contributed by atoms with Crippen LogP contribution < -0.4 is 9.64 Å². The number of piperidine rings is 1. The van der Waals surface area contributed by atoms with Crippen LogP contribution in [0.4, 0.5) is 5.69 Å². The Kier molecular flexibility index (Phi) is 5.61. The van der Waals surface area contributed by atoms with E-state index in [2.05, 4.69) is 0 Å². The SMILES string of the molecule is COc1ccc(S(=O)(=O)N2CCCCC2)cc1C(=O)N1CCCc2ccccc21. The highest BCUT2D eigenvalue weighted by Gasteiger charge is 2.30. The standard InChI is InChI=1S/C22H26N2O4S/c1-28-21-12-11-18(29(26,27)23-13-5-2-6-14-23)16-19(21)22(25)24-15-7-9-17-8-3-4-10-20(17)24/h3-4,8,10-12,16H,2,5-7,9,13-15H2,1H3. The first-order valence-corrected chi connectivity index (χ1v) is 11.5. The van der Waals surface area contributed by atoms with Gasteiger partial charge < -0.3 is 9.64 Å². The molecular weight excluding hydrogens is 388 g/mol. The minimum Gasteiger partial charge on any atom is -0.496 e. The summed E-state index contributed by atoms with van der Waals surface area (Å²) >= 11 is 0. The first kappa shape index (κ1) is 19.9. The highest BCUT2D eigenvalue weighted by molar-refractivity contribution is 7.89. The van der Waals surface area contributed by atoms with Gasteiger partial charge in [0.2, 0.25) is 10.0 Å². The molecule has 0 aromatic heterocycles. The number of amides is 1. The second-order valence-electron chi connectivity index (χ2n) is 7.52. The van der Waals surface area contributed by atoms with E-state index in [9.17, 15) is 13.2 Å². The number of anilines is 1. The van der Waals surface area contributed by atoms with E-state index in [-0.39, 0.29) is 16.4 Å². The third kappa shape index (κ3) is 3.76. The Morgan fingerprint density at radius 3 is 2.48 bits per heavy atom. The molecule has 1 amide bonds. The van der Waals surface area contributed by atoms with E-state index < -0.39 is 10.0 Å². The second kappa shape index (κ2) is 8.16. The zero-order valence-corrected chi connectivity index (χ0v) is 17.5. The summed E-state index contributed by atoms with van der Waals surface area (Å²) in [6, 6.07) is 12.4. The number of hydrogen-bond acceptors (Lipinski definition) is 4. The number of fused-ring (bicyclic) bond motifs is 1. The van der Waals surface area contributed by atoms with Crippen LogP contribution in [0.3, 0.4) is 0 Å². The van der Waals surface area contributed by atoms with Crippen molar-refractivity contribution in [2.75, 3.05) is 31.6 Å². The summed E-state index contributed by atoms with van der Waals surface area (Å²) in [5, 5.41) is 0. The Hall–Kier alpha value is -2.38. The average Bonchev–Trinajstić information content (AvgIpc) is 2.78. The molecule has 2 aliphatic rings. The number of carbonyl (C=O) groups excluding carboxylic acids is 1. The molecule has 6 nitrogen and oxygen atoms in total. The number of hydrogen-bond donors (Lipinski definition) is 0. The predicted octanol–water partition coefficient (Wildman–Crippen LogP) is 3.46. The lowest BCUT2D eigenvalue weighted by atomic mass is 10.0. The van der Waals surface area contributed by atoms with Gasteiger partial charge in [-0.1, -0.05) is 24.6 Å². The van der Waals surface area contributed by atoms with Crippen molar-refractivity contribution >= 4 is 21.6 Å². The van der Waals surface area contributed by atoms with Crippen LogP contribution in [0.15, 0.2) is 47.4 Å². The van der Waals surface area contributed by atoms with Crippen molar-refractivity contribution in [3.8, 4) is 5.75 Å². The number of aryl methyl sites for hydroxylation is 1. The van der Waals surface area contributed by atoms with E-state index in [0.717, 1.165) is 43.4 Å². The molecule has 0 saturated carbocycles. The van der Waals surface area contributed by atoms with Gasteiger partial charge in [-0.05, 0) is 55.5 Å². The molecule has 2 aromatic carbocycles. The Morgan fingerprint density at radius 1 is 0.966 bits per heavy atom. The van der Waals surface area contributed by atoms with Gasteiger partial charge in [-0.3, -0.25) is 4.79 Å². The largest absolute Gasteiger partial charge is 0.496 e. The quantitative estimate of drug-likeness (QED) is 0.768. The fourth-order valence-corrected chi connectivity index (χ4v) is 5.70. The fraction of sp³-hybridized carbons (Fsp3) is 0.409. The van der Waals surface area contributed by atoms with E-state index in [1.165, 1.54) is 23.5 Å². The highest BCUT2D eigenvalue weighted by Crippen LogP contribution is 2.32. The number of carbonyl (C=O) groups is 1. The number of rotatable bonds is 4. The molecule has 0 atom stereocenters. The van der Waals surface area contributed by atoms with Crippen LogP contribution in [-0.2, 0) is 16.4 Å². The van der Waals surface area contributed by atoms with Gasteiger partial charge in [0.1, 0.15) is 5.75 Å².